The number of ether oxygens (including phenoxy) is 2. The molecule has 1 aromatic rings. The Morgan fingerprint density at radius 1 is 1.22 bits per heavy atom. The predicted octanol–water partition coefficient (Wildman–Crippen LogP) is 0.542. The third-order valence-electron chi connectivity index (χ3n) is 2.38. The number of hydrogen-bond acceptors (Lipinski definition) is 6. The van der Waals surface area contributed by atoms with Gasteiger partial charge in [0.2, 0.25) is 0 Å². The number of nitrogens with zero attached hydrogens (tertiary/aromatic N) is 2. The Morgan fingerprint density at radius 3 is 2.22 bits per heavy atom. The standard InChI is InChI=1S/C12H16N2O4/c1-9-5-4-6-13-12(9)14(7-10(15)17-2)8-11(16)18-3/h4-6H,7-8H2,1-3H3. The highest BCUT2D eigenvalue weighted by molar-refractivity contribution is 5.81. The second-order valence-electron chi connectivity index (χ2n) is 3.65. The molecule has 0 saturated carbocycles. The van der Waals surface area contributed by atoms with Gasteiger partial charge in [-0.3, -0.25) is 9.59 Å². The van der Waals surface area contributed by atoms with E-state index in [1.807, 2.05) is 13.0 Å². The lowest BCUT2D eigenvalue weighted by molar-refractivity contribution is -0.140. The molecule has 0 amide bonds. The number of pyridine rings is 1. The van der Waals surface area contributed by atoms with Crippen LogP contribution in [0.25, 0.3) is 0 Å². The number of carbonyl (C=O) groups excluding carboxylic acids is 2. The third kappa shape index (κ3) is 3.73. The molecule has 6 heteroatoms. The van der Waals surface area contributed by atoms with Crippen molar-refractivity contribution in [3.05, 3.63) is 23.9 Å². The van der Waals surface area contributed by atoms with Crippen molar-refractivity contribution < 1.29 is 19.1 Å². The summed E-state index contributed by atoms with van der Waals surface area (Å²) in [7, 11) is 2.59. The van der Waals surface area contributed by atoms with Crippen LogP contribution in [-0.2, 0) is 19.1 Å². The number of esters is 2. The molecule has 6 nitrogen and oxygen atoms in total. The van der Waals surface area contributed by atoms with Crippen LogP contribution in [0.4, 0.5) is 5.82 Å². The largest absolute Gasteiger partial charge is 0.468 e. The number of anilines is 1. The molecule has 1 rings (SSSR count). The average Bonchev–Trinajstić information content (AvgIpc) is 2.38. The number of carbonyl (C=O) groups is 2. The van der Waals surface area contributed by atoms with Crippen molar-refractivity contribution in [2.24, 2.45) is 0 Å². The molecule has 0 aliphatic rings. The van der Waals surface area contributed by atoms with Crippen LogP contribution in [0, 0.1) is 6.92 Å². The van der Waals surface area contributed by atoms with E-state index in [1.54, 1.807) is 12.3 Å². The first-order valence-electron chi connectivity index (χ1n) is 5.38. The zero-order valence-electron chi connectivity index (χ0n) is 10.7. The van der Waals surface area contributed by atoms with Crippen molar-refractivity contribution in [3.8, 4) is 0 Å². The van der Waals surface area contributed by atoms with Crippen LogP contribution in [0.5, 0.6) is 0 Å². The van der Waals surface area contributed by atoms with Gasteiger partial charge in [-0.25, -0.2) is 4.98 Å². The molecular formula is C12H16N2O4. The van der Waals surface area contributed by atoms with E-state index in [0.717, 1.165) is 5.56 Å². The van der Waals surface area contributed by atoms with Crippen LogP contribution in [-0.4, -0.2) is 44.2 Å². The topological polar surface area (TPSA) is 68.7 Å². The summed E-state index contributed by atoms with van der Waals surface area (Å²) in [5, 5.41) is 0. The SMILES string of the molecule is COC(=O)CN(CC(=O)OC)c1ncccc1C. The Hall–Kier alpha value is -2.11. The molecule has 18 heavy (non-hydrogen) atoms. The van der Waals surface area contributed by atoms with Gasteiger partial charge in [0.25, 0.3) is 0 Å². The summed E-state index contributed by atoms with van der Waals surface area (Å²) < 4.78 is 9.19. The van der Waals surface area contributed by atoms with E-state index in [0.29, 0.717) is 5.82 Å². The zero-order chi connectivity index (χ0) is 13.5. The molecular weight excluding hydrogens is 236 g/mol. The van der Waals surface area contributed by atoms with Gasteiger partial charge in [0.05, 0.1) is 14.2 Å². The lowest BCUT2D eigenvalue weighted by atomic mass is 10.2. The molecule has 1 heterocycles. The molecule has 0 atom stereocenters. The summed E-state index contributed by atoms with van der Waals surface area (Å²) in [5.41, 5.74) is 0.866. The number of rotatable bonds is 5. The van der Waals surface area contributed by atoms with Crippen LogP contribution in [0.3, 0.4) is 0 Å². The lowest BCUT2D eigenvalue weighted by Crippen LogP contribution is -2.36. The van der Waals surface area contributed by atoms with Gasteiger partial charge in [0.1, 0.15) is 18.9 Å². The molecule has 0 fully saturated rings. The van der Waals surface area contributed by atoms with E-state index in [9.17, 15) is 9.59 Å². The molecule has 0 unspecified atom stereocenters. The minimum Gasteiger partial charge on any atom is -0.468 e. The van der Waals surface area contributed by atoms with E-state index in [-0.39, 0.29) is 13.1 Å². The molecule has 98 valence electrons. The van der Waals surface area contributed by atoms with Gasteiger partial charge in [-0.05, 0) is 18.6 Å². The van der Waals surface area contributed by atoms with E-state index in [1.165, 1.54) is 19.1 Å². The van der Waals surface area contributed by atoms with E-state index < -0.39 is 11.9 Å². The highest BCUT2D eigenvalue weighted by Gasteiger charge is 2.18. The number of aryl methyl sites for hydroxylation is 1. The maximum Gasteiger partial charge on any atom is 0.325 e. The monoisotopic (exact) mass is 252 g/mol. The first-order chi connectivity index (χ1) is 8.58. The highest BCUT2D eigenvalue weighted by atomic mass is 16.5. The maximum absolute atomic E-state index is 11.3. The second-order valence-corrected chi connectivity index (χ2v) is 3.65. The summed E-state index contributed by atoms with van der Waals surface area (Å²) in [4.78, 5) is 28.4. The maximum atomic E-state index is 11.3. The van der Waals surface area contributed by atoms with Crippen LogP contribution in [0.1, 0.15) is 5.56 Å². The molecule has 0 radical (unpaired) electrons. The van der Waals surface area contributed by atoms with Gasteiger partial charge in [0.15, 0.2) is 0 Å². The fraction of sp³-hybridized carbons (Fsp3) is 0.417. The van der Waals surface area contributed by atoms with Crippen molar-refractivity contribution in [1.29, 1.82) is 0 Å². The van der Waals surface area contributed by atoms with Crippen molar-refractivity contribution in [2.45, 2.75) is 6.92 Å². The molecule has 1 aromatic heterocycles. The smallest absolute Gasteiger partial charge is 0.325 e. The Labute approximate surface area is 106 Å². The normalized spacial score (nSPS) is 9.72. The molecule has 0 aliphatic carbocycles. The van der Waals surface area contributed by atoms with Crippen LogP contribution in [0.2, 0.25) is 0 Å². The zero-order valence-corrected chi connectivity index (χ0v) is 10.7. The summed E-state index contributed by atoms with van der Waals surface area (Å²) in [6.45, 7) is 1.75. The van der Waals surface area contributed by atoms with Gasteiger partial charge >= 0.3 is 11.9 Å². The average molecular weight is 252 g/mol. The second kappa shape index (κ2) is 6.58. The highest BCUT2D eigenvalue weighted by Crippen LogP contribution is 2.15. The van der Waals surface area contributed by atoms with Gasteiger partial charge in [-0.15, -0.1) is 0 Å². The Kier molecular flexibility index (Phi) is 5.10. The number of hydrogen-bond donors (Lipinski definition) is 0. The van der Waals surface area contributed by atoms with Crippen molar-refractivity contribution in [2.75, 3.05) is 32.2 Å². The summed E-state index contributed by atoms with van der Waals surface area (Å²) >= 11 is 0. The molecule has 0 N–H and O–H groups in total. The minimum atomic E-state index is -0.441. The molecule has 0 spiro atoms. The predicted molar refractivity (Wildman–Crippen MR) is 65.2 cm³/mol. The quantitative estimate of drug-likeness (QED) is 0.712. The van der Waals surface area contributed by atoms with Gasteiger partial charge in [0, 0.05) is 6.20 Å². The molecule has 0 saturated heterocycles. The molecule has 0 bridgehead atoms. The summed E-state index contributed by atoms with van der Waals surface area (Å²) in [5.74, 6) is -0.318. The van der Waals surface area contributed by atoms with Gasteiger partial charge < -0.3 is 14.4 Å². The van der Waals surface area contributed by atoms with Crippen LogP contribution < -0.4 is 4.90 Å². The van der Waals surface area contributed by atoms with Crippen LogP contribution >= 0.6 is 0 Å². The van der Waals surface area contributed by atoms with E-state index in [2.05, 4.69) is 14.5 Å². The Balaban J connectivity index is 2.93. The Morgan fingerprint density at radius 2 is 1.78 bits per heavy atom. The molecule has 0 aliphatic heterocycles. The van der Waals surface area contributed by atoms with Crippen molar-refractivity contribution in [3.63, 3.8) is 0 Å². The van der Waals surface area contributed by atoms with Gasteiger partial charge in [-0.1, -0.05) is 6.07 Å². The number of aromatic nitrogens is 1. The molecule has 0 aromatic carbocycles. The fourth-order valence-corrected chi connectivity index (χ4v) is 1.45. The number of methoxy groups -OCH3 is 2. The van der Waals surface area contributed by atoms with Gasteiger partial charge in [-0.2, -0.15) is 0 Å². The summed E-state index contributed by atoms with van der Waals surface area (Å²) in [6, 6.07) is 3.64. The third-order valence-corrected chi connectivity index (χ3v) is 2.38. The van der Waals surface area contributed by atoms with E-state index >= 15 is 0 Å². The van der Waals surface area contributed by atoms with E-state index in [4.69, 9.17) is 0 Å². The minimum absolute atomic E-state index is 0.0521. The Bertz CT molecular complexity index is 416. The first kappa shape index (κ1) is 14.0. The van der Waals surface area contributed by atoms with Crippen LogP contribution in [0.15, 0.2) is 18.3 Å². The lowest BCUT2D eigenvalue weighted by Gasteiger charge is -2.22. The summed E-state index contributed by atoms with van der Waals surface area (Å²) in [6.07, 6.45) is 1.60. The van der Waals surface area contributed by atoms with Crippen molar-refractivity contribution in [1.82, 2.24) is 4.98 Å². The van der Waals surface area contributed by atoms with Crippen molar-refractivity contribution >= 4 is 17.8 Å². The first-order valence-corrected chi connectivity index (χ1v) is 5.38. The fourth-order valence-electron chi connectivity index (χ4n) is 1.45.